The largest absolute Gasteiger partial charge is 0.258 e. The molecule has 1 nitrogen and oxygen atoms in total. The fourth-order valence-corrected chi connectivity index (χ4v) is 1.18. The molecule has 0 saturated heterocycles. The Morgan fingerprint density at radius 3 is 2.38 bits per heavy atom. The van der Waals surface area contributed by atoms with Crippen molar-refractivity contribution in [1.82, 2.24) is 0 Å². The van der Waals surface area contributed by atoms with Crippen LogP contribution in [0.3, 0.4) is 0 Å². The summed E-state index contributed by atoms with van der Waals surface area (Å²) in [7, 11) is -0.845. The summed E-state index contributed by atoms with van der Waals surface area (Å²) in [6, 6.07) is 0. The maximum atomic E-state index is 10.5. The van der Waals surface area contributed by atoms with E-state index in [-0.39, 0.29) is 4.71 Å². The van der Waals surface area contributed by atoms with Gasteiger partial charge < -0.3 is 0 Å². The Kier molecular flexibility index (Phi) is 4.57. The molecule has 0 aromatic rings. The van der Waals surface area contributed by atoms with Gasteiger partial charge in [0.2, 0.25) is 0 Å². The third kappa shape index (κ3) is 3.44. The highest BCUT2D eigenvalue weighted by molar-refractivity contribution is 7.86. The van der Waals surface area contributed by atoms with Gasteiger partial charge in [-0.25, -0.2) is 0 Å². The molecular weight excluding hydrogens is 144 g/mol. The van der Waals surface area contributed by atoms with Gasteiger partial charge in [0.1, 0.15) is 4.71 Å². The van der Waals surface area contributed by atoms with Gasteiger partial charge in [0.25, 0.3) is 0 Å². The van der Waals surface area contributed by atoms with Gasteiger partial charge in [-0.2, -0.15) is 0 Å². The Balaban J connectivity index is 3.32. The minimum absolute atomic E-state index is 0.139. The lowest BCUT2D eigenvalue weighted by Gasteiger charge is -2.00. The molecule has 0 heterocycles. The average molecular weight is 155 g/mol. The highest BCUT2D eigenvalue weighted by Crippen LogP contribution is 2.07. The summed E-state index contributed by atoms with van der Waals surface area (Å²) in [5.74, 6) is 0. The van der Waals surface area contributed by atoms with E-state index in [2.05, 4.69) is 0 Å². The molecule has 0 spiro atoms. The van der Waals surface area contributed by atoms with Gasteiger partial charge in [-0.05, 0) is 6.42 Å². The van der Waals surface area contributed by atoms with Crippen molar-refractivity contribution in [3.8, 4) is 0 Å². The van der Waals surface area contributed by atoms with E-state index in [1.165, 1.54) is 0 Å². The van der Waals surface area contributed by atoms with Crippen LogP contribution in [-0.4, -0.2) is 15.2 Å². The number of alkyl halides is 1. The van der Waals surface area contributed by atoms with Crippen molar-refractivity contribution >= 4 is 22.4 Å². The minimum atomic E-state index is -0.845. The smallest absolute Gasteiger partial charge is 0.108 e. The molecule has 0 aliphatic heterocycles. The monoisotopic (exact) mass is 154 g/mol. The number of rotatable bonds is 3. The minimum Gasteiger partial charge on any atom is -0.258 e. The van der Waals surface area contributed by atoms with E-state index in [1.807, 2.05) is 6.92 Å². The molecule has 0 aromatic heterocycles. The maximum absolute atomic E-state index is 10.5. The first kappa shape index (κ1) is 8.44. The van der Waals surface area contributed by atoms with Crippen molar-refractivity contribution in [2.45, 2.75) is 24.5 Å². The topological polar surface area (TPSA) is 17.1 Å². The second-order valence-corrected chi connectivity index (χ2v) is 4.05. The van der Waals surface area contributed by atoms with Gasteiger partial charge in [-0.3, -0.25) is 4.21 Å². The Morgan fingerprint density at radius 2 is 2.25 bits per heavy atom. The highest BCUT2D eigenvalue weighted by atomic mass is 35.5. The van der Waals surface area contributed by atoms with Gasteiger partial charge >= 0.3 is 0 Å². The Morgan fingerprint density at radius 1 is 1.75 bits per heavy atom. The van der Waals surface area contributed by atoms with Crippen LogP contribution in [-0.2, 0) is 10.8 Å². The Hall–Kier alpha value is 0.440. The predicted molar refractivity (Wildman–Crippen MR) is 38.6 cm³/mol. The van der Waals surface area contributed by atoms with Crippen LogP contribution in [0.2, 0.25) is 0 Å². The molecule has 0 fully saturated rings. The molecule has 0 amide bonds. The van der Waals surface area contributed by atoms with Crippen LogP contribution in [0.5, 0.6) is 0 Å². The predicted octanol–water partition coefficient (Wildman–Crippen LogP) is 1.73. The second-order valence-electron chi connectivity index (χ2n) is 1.70. The molecule has 0 radical (unpaired) electrons. The Labute approximate surface area is 57.9 Å². The summed E-state index contributed by atoms with van der Waals surface area (Å²) < 4.78 is 10.4. The van der Waals surface area contributed by atoms with E-state index < -0.39 is 10.8 Å². The molecule has 2 unspecified atom stereocenters. The van der Waals surface area contributed by atoms with Crippen molar-refractivity contribution in [3.05, 3.63) is 0 Å². The molecule has 3 heteroatoms. The second kappa shape index (κ2) is 4.33. The maximum Gasteiger partial charge on any atom is 0.108 e. The van der Waals surface area contributed by atoms with E-state index in [1.54, 1.807) is 6.26 Å². The quantitative estimate of drug-likeness (QED) is 0.566. The number of hydrogen-bond acceptors (Lipinski definition) is 1. The van der Waals surface area contributed by atoms with Gasteiger partial charge in [-0.1, -0.05) is 13.3 Å². The van der Waals surface area contributed by atoms with Crippen molar-refractivity contribution in [2.24, 2.45) is 0 Å². The van der Waals surface area contributed by atoms with Crippen LogP contribution in [0.4, 0.5) is 0 Å². The molecule has 0 saturated carbocycles. The molecule has 0 bridgehead atoms. The van der Waals surface area contributed by atoms with Crippen molar-refractivity contribution in [3.63, 3.8) is 0 Å². The lowest BCUT2D eigenvalue weighted by Crippen LogP contribution is -2.03. The SMILES string of the molecule is CCCC(Cl)S(C)=O. The zero-order chi connectivity index (χ0) is 6.57. The number of hydrogen-bond donors (Lipinski definition) is 0. The Bertz CT molecular complexity index is 84.5. The molecule has 0 aliphatic rings. The van der Waals surface area contributed by atoms with E-state index in [9.17, 15) is 4.21 Å². The van der Waals surface area contributed by atoms with Crippen molar-refractivity contribution in [1.29, 1.82) is 0 Å². The lowest BCUT2D eigenvalue weighted by atomic mass is 10.4. The van der Waals surface area contributed by atoms with Crippen molar-refractivity contribution < 1.29 is 4.21 Å². The molecule has 0 rings (SSSR count). The zero-order valence-electron chi connectivity index (χ0n) is 5.19. The summed E-state index contributed by atoms with van der Waals surface area (Å²) in [5.41, 5.74) is 0. The van der Waals surface area contributed by atoms with Gasteiger partial charge in [-0.15, -0.1) is 11.6 Å². The van der Waals surface area contributed by atoms with Crippen LogP contribution in [0, 0.1) is 0 Å². The van der Waals surface area contributed by atoms with Crippen LogP contribution in [0.1, 0.15) is 19.8 Å². The van der Waals surface area contributed by atoms with E-state index in [0.29, 0.717) is 0 Å². The van der Waals surface area contributed by atoms with Gasteiger partial charge in [0.05, 0.1) is 0 Å². The normalized spacial score (nSPS) is 17.9. The van der Waals surface area contributed by atoms with Crippen LogP contribution < -0.4 is 0 Å². The summed E-state index contributed by atoms with van der Waals surface area (Å²) >= 11 is 5.62. The van der Waals surface area contributed by atoms with Crippen LogP contribution in [0.15, 0.2) is 0 Å². The fraction of sp³-hybridized carbons (Fsp3) is 1.00. The fourth-order valence-electron chi connectivity index (χ4n) is 0.393. The molecular formula is C5H11ClOS. The standard InChI is InChI=1S/C5H11ClOS/c1-3-4-5(6)8(2)7/h5H,3-4H2,1-2H3. The average Bonchev–Trinajstić information content (AvgIpc) is 1.67. The van der Waals surface area contributed by atoms with E-state index in [0.717, 1.165) is 12.8 Å². The summed E-state index contributed by atoms with van der Waals surface area (Å²) in [6.07, 6.45) is 3.49. The molecule has 50 valence electrons. The molecule has 0 N–H and O–H groups in total. The summed E-state index contributed by atoms with van der Waals surface area (Å²) in [5, 5.41) is 0. The summed E-state index contributed by atoms with van der Waals surface area (Å²) in [4.78, 5) is 0. The zero-order valence-corrected chi connectivity index (χ0v) is 6.76. The lowest BCUT2D eigenvalue weighted by molar-refractivity contribution is 0.679. The third-order valence-corrected chi connectivity index (χ3v) is 2.80. The molecule has 2 atom stereocenters. The first-order valence-electron chi connectivity index (χ1n) is 2.64. The van der Waals surface area contributed by atoms with E-state index in [4.69, 9.17) is 11.6 Å². The summed E-state index contributed by atoms with van der Waals surface area (Å²) in [6.45, 7) is 2.03. The molecule has 0 aliphatic carbocycles. The first-order chi connectivity index (χ1) is 3.68. The van der Waals surface area contributed by atoms with Gasteiger partial charge in [0, 0.05) is 17.1 Å². The van der Waals surface area contributed by atoms with Crippen LogP contribution >= 0.6 is 11.6 Å². The molecule has 8 heavy (non-hydrogen) atoms. The molecule has 0 aromatic carbocycles. The van der Waals surface area contributed by atoms with Crippen molar-refractivity contribution in [2.75, 3.05) is 6.26 Å². The van der Waals surface area contributed by atoms with E-state index >= 15 is 0 Å². The highest BCUT2D eigenvalue weighted by Gasteiger charge is 2.04. The first-order valence-corrected chi connectivity index (χ1v) is 4.70. The third-order valence-electron chi connectivity index (χ3n) is 0.876. The van der Waals surface area contributed by atoms with Gasteiger partial charge in [0.15, 0.2) is 0 Å². The number of halogens is 1. The van der Waals surface area contributed by atoms with Crippen LogP contribution in [0.25, 0.3) is 0 Å².